The zero-order valence-electron chi connectivity index (χ0n) is 14.1. The predicted octanol–water partition coefficient (Wildman–Crippen LogP) is 4.78. The van der Waals surface area contributed by atoms with E-state index >= 15 is 0 Å². The molecule has 0 unspecified atom stereocenters. The van der Waals surface area contributed by atoms with Gasteiger partial charge in [0.15, 0.2) is 0 Å². The molecule has 3 heterocycles. The van der Waals surface area contributed by atoms with Crippen LogP contribution in [-0.2, 0) is 7.05 Å². The summed E-state index contributed by atoms with van der Waals surface area (Å²) in [6.07, 6.45) is 5.22. The highest BCUT2D eigenvalue weighted by molar-refractivity contribution is 7.11. The summed E-state index contributed by atoms with van der Waals surface area (Å²) < 4.78 is 1.63. The Bertz CT molecular complexity index is 963. The molecule has 7 heteroatoms. The number of nitriles is 1. The molecule has 3 rings (SSSR count). The number of rotatable bonds is 4. The summed E-state index contributed by atoms with van der Waals surface area (Å²) in [5.74, 6) is 0.202. The van der Waals surface area contributed by atoms with E-state index in [2.05, 4.69) is 21.1 Å². The van der Waals surface area contributed by atoms with Crippen molar-refractivity contribution in [2.45, 2.75) is 19.8 Å². The molecule has 0 saturated carbocycles. The van der Waals surface area contributed by atoms with Gasteiger partial charge in [-0.05, 0) is 24.1 Å². The molecule has 126 valence electrons. The molecule has 0 amide bonds. The van der Waals surface area contributed by atoms with E-state index in [0.29, 0.717) is 15.7 Å². The van der Waals surface area contributed by atoms with E-state index in [4.69, 9.17) is 11.6 Å². The number of pyridine rings is 1. The van der Waals surface area contributed by atoms with E-state index in [1.54, 1.807) is 30.2 Å². The zero-order valence-corrected chi connectivity index (χ0v) is 15.6. The first-order chi connectivity index (χ1) is 12.0. The van der Waals surface area contributed by atoms with Crippen molar-refractivity contribution in [1.82, 2.24) is 19.7 Å². The van der Waals surface area contributed by atoms with Crippen LogP contribution in [0.5, 0.6) is 0 Å². The van der Waals surface area contributed by atoms with Gasteiger partial charge >= 0.3 is 0 Å². The topological polar surface area (TPSA) is 67.4 Å². The SMILES string of the molecule is CC(C)c1nn(C)c(Cl)c1/C=C(\C#N)c1nc(-c2ccncc2)cs1. The Hall–Kier alpha value is -2.49. The van der Waals surface area contributed by atoms with Gasteiger partial charge in [0, 0.05) is 35.9 Å². The minimum absolute atomic E-state index is 0.202. The van der Waals surface area contributed by atoms with Crippen molar-refractivity contribution >= 4 is 34.6 Å². The quantitative estimate of drug-likeness (QED) is 0.620. The van der Waals surface area contributed by atoms with Crippen molar-refractivity contribution < 1.29 is 0 Å². The number of halogens is 1. The lowest BCUT2D eigenvalue weighted by atomic mass is 10.0. The molecule has 25 heavy (non-hydrogen) atoms. The second-order valence-electron chi connectivity index (χ2n) is 5.81. The van der Waals surface area contributed by atoms with Gasteiger partial charge in [-0.3, -0.25) is 9.67 Å². The smallest absolute Gasteiger partial charge is 0.134 e. The lowest BCUT2D eigenvalue weighted by Crippen LogP contribution is -1.93. The Kier molecular flexibility index (Phi) is 4.98. The molecule has 0 fully saturated rings. The van der Waals surface area contributed by atoms with Crippen molar-refractivity contribution in [1.29, 1.82) is 5.26 Å². The van der Waals surface area contributed by atoms with E-state index in [1.165, 1.54) is 11.3 Å². The summed E-state index contributed by atoms with van der Waals surface area (Å²) in [4.78, 5) is 8.60. The van der Waals surface area contributed by atoms with Crippen LogP contribution in [0.4, 0.5) is 0 Å². The molecule has 0 bridgehead atoms. The number of allylic oxidation sites excluding steroid dienone is 1. The lowest BCUT2D eigenvalue weighted by molar-refractivity contribution is 0.713. The van der Waals surface area contributed by atoms with Crippen LogP contribution in [0.2, 0.25) is 5.15 Å². The van der Waals surface area contributed by atoms with Crippen LogP contribution in [0.25, 0.3) is 22.9 Å². The molecule has 3 aromatic heterocycles. The Balaban J connectivity index is 2.04. The first kappa shape index (κ1) is 17.3. The number of aryl methyl sites for hydroxylation is 1. The Morgan fingerprint density at radius 3 is 2.72 bits per heavy atom. The fourth-order valence-corrected chi connectivity index (χ4v) is 3.42. The number of thiazole rings is 1. The Labute approximate surface area is 155 Å². The summed E-state index contributed by atoms with van der Waals surface area (Å²) in [7, 11) is 1.79. The molecule has 5 nitrogen and oxygen atoms in total. The van der Waals surface area contributed by atoms with Gasteiger partial charge in [-0.25, -0.2) is 4.98 Å². The van der Waals surface area contributed by atoms with E-state index in [9.17, 15) is 5.26 Å². The highest BCUT2D eigenvalue weighted by Gasteiger charge is 2.18. The average Bonchev–Trinajstić information content (AvgIpc) is 3.20. The monoisotopic (exact) mass is 369 g/mol. The second kappa shape index (κ2) is 7.18. The standard InChI is InChI=1S/C18H16ClN5S/c1-11(2)16-14(17(19)24(3)23-16)8-13(9-20)18-22-15(10-25-18)12-4-6-21-7-5-12/h4-8,10-11H,1-3H3/b13-8+. The molecule has 0 aromatic carbocycles. The maximum Gasteiger partial charge on any atom is 0.134 e. The van der Waals surface area contributed by atoms with Crippen LogP contribution in [0.15, 0.2) is 29.9 Å². The minimum atomic E-state index is 0.202. The minimum Gasteiger partial charge on any atom is -0.265 e. The van der Waals surface area contributed by atoms with Crippen molar-refractivity contribution in [2.75, 3.05) is 0 Å². The van der Waals surface area contributed by atoms with Gasteiger partial charge in [-0.15, -0.1) is 11.3 Å². The molecule has 0 atom stereocenters. The molecule has 0 aliphatic carbocycles. The third-order valence-electron chi connectivity index (χ3n) is 3.71. The second-order valence-corrected chi connectivity index (χ2v) is 7.03. The van der Waals surface area contributed by atoms with Crippen LogP contribution in [0.3, 0.4) is 0 Å². The molecule has 0 N–H and O–H groups in total. The lowest BCUT2D eigenvalue weighted by Gasteiger charge is -2.02. The summed E-state index contributed by atoms with van der Waals surface area (Å²) in [5.41, 5.74) is 3.91. The molecule has 0 spiro atoms. The van der Waals surface area contributed by atoms with Gasteiger partial charge in [-0.2, -0.15) is 10.4 Å². The Morgan fingerprint density at radius 2 is 2.08 bits per heavy atom. The fraction of sp³-hybridized carbons (Fsp3) is 0.222. The summed E-state index contributed by atoms with van der Waals surface area (Å²) in [5, 5.41) is 17.2. The molecule has 3 aromatic rings. The number of hydrogen-bond donors (Lipinski definition) is 0. The predicted molar refractivity (Wildman–Crippen MR) is 101 cm³/mol. The largest absolute Gasteiger partial charge is 0.265 e. The molecule has 0 saturated heterocycles. The van der Waals surface area contributed by atoms with E-state index < -0.39 is 0 Å². The van der Waals surface area contributed by atoms with Gasteiger partial charge in [-0.1, -0.05) is 25.4 Å². The van der Waals surface area contributed by atoms with Gasteiger partial charge in [0.1, 0.15) is 16.2 Å². The maximum atomic E-state index is 9.62. The third-order valence-corrected chi connectivity index (χ3v) is 5.03. The molecule has 0 radical (unpaired) electrons. The van der Waals surface area contributed by atoms with Gasteiger partial charge < -0.3 is 0 Å². The van der Waals surface area contributed by atoms with Crippen LogP contribution < -0.4 is 0 Å². The zero-order chi connectivity index (χ0) is 18.0. The number of hydrogen-bond acceptors (Lipinski definition) is 5. The van der Waals surface area contributed by atoms with E-state index in [1.807, 2.05) is 31.4 Å². The van der Waals surface area contributed by atoms with Crippen molar-refractivity contribution in [3.05, 3.63) is 51.3 Å². The van der Waals surface area contributed by atoms with Crippen LogP contribution in [0.1, 0.15) is 36.0 Å². The molecular formula is C18H16ClN5S. The van der Waals surface area contributed by atoms with Crippen LogP contribution >= 0.6 is 22.9 Å². The van der Waals surface area contributed by atoms with Crippen molar-refractivity contribution in [2.24, 2.45) is 7.05 Å². The van der Waals surface area contributed by atoms with Crippen molar-refractivity contribution in [3.8, 4) is 17.3 Å². The Morgan fingerprint density at radius 1 is 1.36 bits per heavy atom. The summed E-state index contributed by atoms with van der Waals surface area (Å²) in [6, 6.07) is 6.02. The van der Waals surface area contributed by atoms with Crippen LogP contribution in [0, 0.1) is 11.3 Å². The molecular weight excluding hydrogens is 354 g/mol. The molecule has 0 aliphatic rings. The summed E-state index contributed by atoms with van der Waals surface area (Å²) >= 11 is 7.80. The highest BCUT2D eigenvalue weighted by Crippen LogP contribution is 2.31. The van der Waals surface area contributed by atoms with Gasteiger partial charge in [0.05, 0.1) is 17.0 Å². The van der Waals surface area contributed by atoms with Gasteiger partial charge in [0.2, 0.25) is 0 Å². The van der Waals surface area contributed by atoms with E-state index in [0.717, 1.165) is 22.5 Å². The summed E-state index contributed by atoms with van der Waals surface area (Å²) in [6.45, 7) is 4.10. The maximum absolute atomic E-state index is 9.62. The van der Waals surface area contributed by atoms with Crippen molar-refractivity contribution in [3.63, 3.8) is 0 Å². The highest BCUT2D eigenvalue weighted by atomic mass is 35.5. The first-order valence-electron chi connectivity index (χ1n) is 7.71. The average molecular weight is 370 g/mol. The van der Waals surface area contributed by atoms with E-state index in [-0.39, 0.29) is 5.92 Å². The number of aromatic nitrogens is 4. The fourth-order valence-electron chi connectivity index (χ4n) is 2.44. The normalized spacial score (nSPS) is 11.8. The first-order valence-corrected chi connectivity index (χ1v) is 8.97. The molecule has 0 aliphatic heterocycles. The third kappa shape index (κ3) is 3.48. The van der Waals surface area contributed by atoms with Crippen LogP contribution in [-0.4, -0.2) is 19.7 Å². The number of nitrogens with zero attached hydrogens (tertiary/aromatic N) is 5. The van der Waals surface area contributed by atoms with Gasteiger partial charge in [0.25, 0.3) is 0 Å².